The lowest BCUT2D eigenvalue weighted by atomic mass is 10.3. The molecule has 1 saturated heterocycles. The molecule has 0 atom stereocenters. The van der Waals surface area contributed by atoms with Gasteiger partial charge in [0.15, 0.2) is 5.65 Å². The van der Waals surface area contributed by atoms with Crippen LogP contribution >= 0.6 is 0 Å². The quantitative estimate of drug-likeness (QED) is 0.490. The van der Waals surface area contributed by atoms with Crippen molar-refractivity contribution in [2.75, 3.05) is 31.5 Å². The summed E-state index contributed by atoms with van der Waals surface area (Å²) < 4.78 is 43.0. The SMILES string of the molecule is O=C(Nc1cc(F)ccc1F)N1CCN(Cc2nc3cccnc3n2-c2cccc(F)c2)CC1. The van der Waals surface area contributed by atoms with Crippen LogP contribution in [0.2, 0.25) is 0 Å². The Balaban J connectivity index is 1.30. The second kappa shape index (κ2) is 9.14. The first kappa shape index (κ1) is 21.9. The number of urea groups is 1. The normalized spacial score (nSPS) is 14.5. The summed E-state index contributed by atoms with van der Waals surface area (Å²) in [5, 5.41) is 2.43. The van der Waals surface area contributed by atoms with Gasteiger partial charge in [-0.05, 0) is 42.5 Å². The Hall–Kier alpha value is -3.92. The zero-order chi connectivity index (χ0) is 23.7. The summed E-state index contributed by atoms with van der Waals surface area (Å²) in [6.07, 6.45) is 1.67. The van der Waals surface area contributed by atoms with Crippen molar-refractivity contribution in [3.05, 3.63) is 84.1 Å². The number of piperazine rings is 1. The molecule has 1 N–H and O–H groups in total. The molecule has 10 heteroatoms. The maximum absolute atomic E-state index is 13.9. The minimum Gasteiger partial charge on any atom is -0.322 e. The Morgan fingerprint density at radius 2 is 1.74 bits per heavy atom. The zero-order valence-corrected chi connectivity index (χ0v) is 18.1. The van der Waals surface area contributed by atoms with E-state index in [2.05, 4.69) is 15.2 Å². The van der Waals surface area contributed by atoms with Crippen molar-refractivity contribution in [2.45, 2.75) is 6.54 Å². The smallest absolute Gasteiger partial charge is 0.322 e. The van der Waals surface area contributed by atoms with E-state index in [0.29, 0.717) is 55.4 Å². The van der Waals surface area contributed by atoms with Crippen LogP contribution in [-0.4, -0.2) is 56.5 Å². The van der Waals surface area contributed by atoms with Gasteiger partial charge in [0.25, 0.3) is 0 Å². The summed E-state index contributed by atoms with van der Waals surface area (Å²) in [5.74, 6) is -0.968. The van der Waals surface area contributed by atoms with Crippen LogP contribution < -0.4 is 5.32 Å². The zero-order valence-electron chi connectivity index (χ0n) is 18.1. The number of nitrogens with zero attached hydrogens (tertiary/aromatic N) is 5. The number of aromatic nitrogens is 3. The molecular weight excluding hydrogens is 445 g/mol. The maximum atomic E-state index is 13.9. The highest BCUT2D eigenvalue weighted by atomic mass is 19.1. The number of anilines is 1. The van der Waals surface area contributed by atoms with Gasteiger partial charge in [-0.3, -0.25) is 9.47 Å². The minimum atomic E-state index is -0.696. The second-order valence-corrected chi connectivity index (χ2v) is 8.01. The maximum Gasteiger partial charge on any atom is 0.322 e. The lowest BCUT2D eigenvalue weighted by molar-refractivity contribution is 0.140. The number of fused-ring (bicyclic) bond motifs is 1. The fourth-order valence-corrected chi connectivity index (χ4v) is 4.05. The van der Waals surface area contributed by atoms with Crippen LogP contribution in [-0.2, 0) is 6.54 Å². The summed E-state index contributed by atoms with van der Waals surface area (Å²) >= 11 is 0. The first-order valence-electron chi connectivity index (χ1n) is 10.8. The Morgan fingerprint density at radius 1 is 0.941 bits per heavy atom. The Kier molecular flexibility index (Phi) is 5.89. The highest BCUT2D eigenvalue weighted by Gasteiger charge is 2.24. The number of hydrogen-bond acceptors (Lipinski definition) is 4. The standard InChI is InChI=1S/C24H21F3N6O/c25-16-3-1-4-18(13-16)33-22(29-20-5-2-8-28-23(20)33)15-31-9-11-32(12-10-31)24(34)30-21-14-17(26)6-7-19(21)27/h1-8,13-14H,9-12,15H2,(H,30,34). The van der Waals surface area contributed by atoms with Gasteiger partial charge in [-0.15, -0.1) is 0 Å². The van der Waals surface area contributed by atoms with Crippen molar-refractivity contribution >= 4 is 22.9 Å². The number of benzene rings is 2. The third-order valence-electron chi connectivity index (χ3n) is 5.75. The summed E-state index contributed by atoms with van der Waals surface area (Å²) in [7, 11) is 0. The minimum absolute atomic E-state index is 0.191. The highest BCUT2D eigenvalue weighted by molar-refractivity contribution is 5.89. The monoisotopic (exact) mass is 466 g/mol. The molecule has 4 aromatic rings. The topological polar surface area (TPSA) is 66.3 Å². The predicted octanol–water partition coefficient (Wildman–Crippen LogP) is 4.19. The lowest BCUT2D eigenvalue weighted by Crippen LogP contribution is -2.49. The van der Waals surface area contributed by atoms with E-state index >= 15 is 0 Å². The van der Waals surface area contributed by atoms with Crippen molar-refractivity contribution in [3.8, 4) is 5.69 Å². The fourth-order valence-electron chi connectivity index (χ4n) is 4.05. The number of imidazole rings is 1. The van der Waals surface area contributed by atoms with Gasteiger partial charge in [0.1, 0.15) is 28.8 Å². The number of carbonyl (C=O) groups excluding carboxylic acids is 1. The molecule has 7 nitrogen and oxygen atoms in total. The van der Waals surface area contributed by atoms with E-state index in [4.69, 9.17) is 4.98 Å². The highest BCUT2D eigenvalue weighted by Crippen LogP contribution is 2.22. The van der Waals surface area contributed by atoms with Crippen molar-refractivity contribution in [3.63, 3.8) is 0 Å². The van der Waals surface area contributed by atoms with Crippen molar-refractivity contribution in [1.82, 2.24) is 24.3 Å². The van der Waals surface area contributed by atoms with Gasteiger partial charge >= 0.3 is 6.03 Å². The number of halogens is 3. The summed E-state index contributed by atoms with van der Waals surface area (Å²) in [4.78, 5) is 25.4. The molecule has 34 heavy (non-hydrogen) atoms. The number of rotatable bonds is 4. The van der Waals surface area contributed by atoms with Crippen LogP contribution in [0.25, 0.3) is 16.9 Å². The van der Waals surface area contributed by atoms with E-state index in [1.165, 1.54) is 12.1 Å². The summed E-state index contributed by atoms with van der Waals surface area (Å²) in [5.41, 5.74) is 1.78. The van der Waals surface area contributed by atoms with Crippen LogP contribution in [0.3, 0.4) is 0 Å². The second-order valence-electron chi connectivity index (χ2n) is 8.01. The molecule has 0 aliphatic carbocycles. The lowest BCUT2D eigenvalue weighted by Gasteiger charge is -2.34. The van der Waals surface area contributed by atoms with Crippen LogP contribution in [0.5, 0.6) is 0 Å². The van der Waals surface area contributed by atoms with Crippen molar-refractivity contribution in [1.29, 1.82) is 0 Å². The molecule has 2 aromatic carbocycles. The molecule has 1 aliphatic rings. The number of hydrogen-bond donors (Lipinski definition) is 1. The molecule has 0 radical (unpaired) electrons. The number of nitrogens with one attached hydrogen (secondary N) is 1. The third kappa shape index (κ3) is 4.44. The van der Waals surface area contributed by atoms with Gasteiger partial charge in [0, 0.05) is 38.4 Å². The average molecular weight is 466 g/mol. The molecule has 3 heterocycles. The first-order valence-corrected chi connectivity index (χ1v) is 10.8. The molecule has 174 valence electrons. The fraction of sp³-hybridized carbons (Fsp3) is 0.208. The Morgan fingerprint density at radius 3 is 2.53 bits per heavy atom. The van der Waals surface area contributed by atoms with E-state index in [1.54, 1.807) is 29.3 Å². The van der Waals surface area contributed by atoms with Crippen LogP contribution in [0.15, 0.2) is 60.8 Å². The van der Waals surface area contributed by atoms with Gasteiger partial charge in [0.2, 0.25) is 0 Å². The van der Waals surface area contributed by atoms with Gasteiger partial charge in [-0.25, -0.2) is 27.9 Å². The van der Waals surface area contributed by atoms with E-state index < -0.39 is 17.7 Å². The van der Waals surface area contributed by atoms with E-state index in [9.17, 15) is 18.0 Å². The van der Waals surface area contributed by atoms with Crippen LogP contribution in [0.4, 0.5) is 23.7 Å². The molecule has 1 fully saturated rings. The molecule has 0 spiro atoms. The number of carbonyl (C=O) groups is 1. The number of amides is 2. The van der Waals surface area contributed by atoms with Crippen molar-refractivity contribution in [2.24, 2.45) is 0 Å². The Labute approximate surface area is 193 Å². The van der Waals surface area contributed by atoms with Gasteiger partial charge < -0.3 is 10.2 Å². The molecule has 2 amide bonds. The van der Waals surface area contributed by atoms with Crippen LogP contribution in [0.1, 0.15) is 5.82 Å². The third-order valence-corrected chi connectivity index (χ3v) is 5.75. The largest absolute Gasteiger partial charge is 0.322 e. The molecule has 0 unspecified atom stereocenters. The molecule has 0 saturated carbocycles. The molecule has 5 rings (SSSR count). The van der Waals surface area contributed by atoms with Crippen molar-refractivity contribution < 1.29 is 18.0 Å². The van der Waals surface area contributed by atoms with E-state index in [1.807, 2.05) is 10.6 Å². The first-order chi connectivity index (χ1) is 16.5. The molecule has 1 aliphatic heterocycles. The van der Waals surface area contributed by atoms with Gasteiger partial charge in [0.05, 0.1) is 17.9 Å². The average Bonchev–Trinajstić information content (AvgIpc) is 3.19. The Bertz CT molecular complexity index is 1350. The molecule has 0 bridgehead atoms. The van der Waals surface area contributed by atoms with Gasteiger partial charge in [-0.2, -0.15) is 0 Å². The van der Waals surface area contributed by atoms with E-state index in [0.717, 1.165) is 18.2 Å². The van der Waals surface area contributed by atoms with Gasteiger partial charge in [-0.1, -0.05) is 6.07 Å². The summed E-state index contributed by atoms with van der Waals surface area (Å²) in [6.45, 7) is 2.39. The summed E-state index contributed by atoms with van der Waals surface area (Å²) in [6, 6.07) is 12.4. The molecule has 2 aromatic heterocycles. The molecular formula is C24H21F3N6O. The van der Waals surface area contributed by atoms with E-state index in [-0.39, 0.29) is 11.5 Å². The van der Waals surface area contributed by atoms with Crippen LogP contribution in [0, 0.1) is 17.5 Å². The predicted molar refractivity (Wildman–Crippen MR) is 121 cm³/mol. The number of pyridine rings is 1.